The first kappa shape index (κ1) is 14.9. The molecule has 0 amide bonds. The lowest BCUT2D eigenvalue weighted by molar-refractivity contribution is -0.658. The second kappa shape index (κ2) is 5.85. The van der Waals surface area contributed by atoms with Crippen molar-refractivity contribution in [3.8, 4) is 11.5 Å². The van der Waals surface area contributed by atoms with E-state index in [1.54, 1.807) is 0 Å². The SMILES string of the molecule is Cl.O=C(C[n+]1cccc2cc[nH]c21)c1ccc(O)c(O)c1. The fraction of sp³-hybridized carbons (Fsp3) is 0.0667. The molecule has 2 aromatic heterocycles. The van der Waals surface area contributed by atoms with Gasteiger partial charge in [0, 0.05) is 5.56 Å². The van der Waals surface area contributed by atoms with E-state index in [4.69, 9.17) is 0 Å². The van der Waals surface area contributed by atoms with Crippen LogP contribution in [0.2, 0.25) is 0 Å². The maximum atomic E-state index is 12.2. The van der Waals surface area contributed by atoms with Crippen molar-refractivity contribution in [2.45, 2.75) is 6.54 Å². The molecule has 0 radical (unpaired) electrons. The molecule has 108 valence electrons. The van der Waals surface area contributed by atoms with Crippen molar-refractivity contribution in [1.29, 1.82) is 0 Å². The highest BCUT2D eigenvalue weighted by atomic mass is 35.5. The molecular weight excluding hydrogens is 292 g/mol. The predicted octanol–water partition coefficient (Wildman–Crippen LogP) is 2.17. The molecule has 1 aromatic carbocycles. The number of Topliss-reactive ketones (excluding diaryl/α,β-unsaturated/α-hetero) is 1. The number of ketones is 1. The number of carbonyl (C=O) groups is 1. The van der Waals surface area contributed by atoms with Gasteiger partial charge in [-0.05, 0) is 36.4 Å². The number of hydrogen-bond donors (Lipinski definition) is 3. The first-order chi connectivity index (χ1) is 9.65. The van der Waals surface area contributed by atoms with Crippen molar-refractivity contribution >= 4 is 29.2 Å². The number of hydrogen-bond acceptors (Lipinski definition) is 3. The fourth-order valence-electron chi connectivity index (χ4n) is 2.16. The van der Waals surface area contributed by atoms with Gasteiger partial charge in [-0.15, -0.1) is 12.4 Å². The summed E-state index contributed by atoms with van der Waals surface area (Å²) in [4.78, 5) is 15.3. The van der Waals surface area contributed by atoms with E-state index in [1.807, 2.05) is 35.2 Å². The molecule has 0 atom stereocenters. The summed E-state index contributed by atoms with van der Waals surface area (Å²) in [6, 6.07) is 9.84. The van der Waals surface area contributed by atoms with Crippen LogP contribution < -0.4 is 4.57 Å². The highest BCUT2D eigenvalue weighted by molar-refractivity contribution is 5.95. The molecule has 3 N–H and O–H groups in total. The van der Waals surface area contributed by atoms with Gasteiger partial charge in [0.1, 0.15) is 0 Å². The number of H-pyrrole nitrogens is 1. The molecule has 0 unspecified atom stereocenters. The van der Waals surface area contributed by atoms with Gasteiger partial charge < -0.3 is 10.2 Å². The third kappa shape index (κ3) is 2.83. The molecule has 0 fully saturated rings. The van der Waals surface area contributed by atoms with Gasteiger partial charge in [0.25, 0.3) is 5.65 Å². The number of fused-ring (bicyclic) bond motifs is 1. The number of aromatic hydroxyl groups is 2. The Morgan fingerprint density at radius 2 is 1.95 bits per heavy atom. The molecule has 2 heterocycles. The number of carbonyl (C=O) groups excluding carboxylic acids is 1. The normalized spacial score (nSPS) is 10.3. The quantitative estimate of drug-likeness (QED) is 0.394. The molecule has 3 aromatic rings. The largest absolute Gasteiger partial charge is 0.504 e. The summed E-state index contributed by atoms with van der Waals surface area (Å²) >= 11 is 0. The third-order valence-corrected chi connectivity index (χ3v) is 3.20. The van der Waals surface area contributed by atoms with E-state index < -0.39 is 0 Å². The van der Waals surface area contributed by atoms with Crippen LogP contribution in [0.5, 0.6) is 11.5 Å². The summed E-state index contributed by atoms with van der Waals surface area (Å²) in [5, 5.41) is 19.7. The van der Waals surface area contributed by atoms with Gasteiger partial charge in [0.2, 0.25) is 5.78 Å². The molecule has 0 saturated heterocycles. The Morgan fingerprint density at radius 1 is 1.14 bits per heavy atom. The zero-order valence-corrected chi connectivity index (χ0v) is 11.8. The minimum Gasteiger partial charge on any atom is -0.504 e. The molecule has 21 heavy (non-hydrogen) atoms. The number of rotatable bonds is 3. The van der Waals surface area contributed by atoms with Gasteiger partial charge in [0.05, 0.1) is 17.8 Å². The van der Waals surface area contributed by atoms with Crippen LogP contribution >= 0.6 is 12.4 Å². The van der Waals surface area contributed by atoms with Gasteiger partial charge in [-0.3, -0.25) is 4.79 Å². The van der Waals surface area contributed by atoms with Crippen molar-refractivity contribution in [3.05, 3.63) is 54.4 Å². The first-order valence-corrected chi connectivity index (χ1v) is 6.16. The molecule has 5 nitrogen and oxygen atoms in total. The summed E-state index contributed by atoms with van der Waals surface area (Å²) in [5.41, 5.74) is 1.22. The van der Waals surface area contributed by atoms with E-state index in [2.05, 4.69) is 4.98 Å². The third-order valence-electron chi connectivity index (χ3n) is 3.20. The number of phenolic OH excluding ortho intramolecular Hbond substituents is 2. The van der Waals surface area contributed by atoms with Gasteiger partial charge >= 0.3 is 0 Å². The van der Waals surface area contributed by atoms with Crippen LogP contribution in [-0.2, 0) is 6.54 Å². The molecule has 0 bridgehead atoms. The lowest BCUT2D eigenvalue weighted by atomic mass is 10.1. The van der Waals surface area contributed by atoms with E-state index in [9.17, 15) is 15.0 Å². The Bertz CT molecular complexity index is 798. The number of benzene rings is 1. The zero-order chi connectivity index (χ0) is 14.1. The molecule has 0 saturated carbocycles. The highest BCUT2D eigenvalue weighted by Gasteiger charge is 2.15. The second-order valence-corrected chi connectivity index (χ2v) is 4.54. The van der Waals surface area contributed by atoms with E-state index in [1.165, 1.54) is 18.2 Å². The summed E-state index contributed by atoms with van der Waals surface area (Å²) in [6.07, 6.45) is 3.63. The summed E-state index contributed by atoms with van der Waals surface area (Å²) in [5.74, 6) is -0.674. The standard InChI is InChI=1S/C15H12N2O3.ClH/c18-12-4-3-11(8-13(12)19)14(20)9-17-7-1-2-10-5-6-16-15(10)17;/h1-8H,9H2,(H2,18,19,20);1H/p+1. The smallest absolute Gasteiger partial charge is 0.286 e. The van der Waals surface area contributed by atoms with Crippen molar-refractivity contribution < 1.29 is 19.6 Å². The first-order valence-electron chi connectivity index (χ1n) is 6.16. The Hall–Kier alpha value is -2.53. The second-order valence-electron chi connectivity index (χ2n) is 4.54. The highest BCUT2D eigenvalue weighted by Crippen LogP contribution is 2.25. The van der Waals surface area contributed by atoms with Crippen LogP contribution in [0.3, 0.4) is 0 Å². The average molecular weight is 306 g/mol. The minimum absolute atomic E-state index is 0. The maximum absolute atomic E-state index is 12.2. The van der Waals surface area contributed by atoms with Crippen LogP contribution in [0.15, 0.2) is 48.8 Å². The monoisotopic (exact) mass is 305 g/mol. The molecule has 3 rings (SSSR count). The summed E-state index contributed by atoms with van der Waals surface area (Å²) < 4.78 is 1.81. The Balaban J connectivity index is 0.00000161. The molecule has 0 aliphatic rings. The lowest BCUT2D eigenvalue weighted by Gasteiger charge is -2.03. The molecular formula is C15H14ClN2O3+. The number of aromatic nitrogens is 2. The van der Waals surface area contributed by atoms with E-state index >= 15 is 0 Å². The van der Waals surface area contributed by atoms with Gasteiger partial charge in [-0.25, -0.2) is 9.55 Å². The number of phenols is 2. The Labute approximate surface area is 126 Å². The van der Waals surface area contributed by atoms with Gasteiger partial charge in [-0.1, -0.05) is 0 Å². The van der Waals surface area contributed by atoms with Crippen LogP contribution in [-0.4, -0.2) is 21.0 Å². The Kier molecular flexibility index (Phi) is 4.14. The number of pyridine rings is 1. The van der Waals surface area contributed by atoms with Crippen molar-refractivity contribution in [3.63, 3.8) is 0 Å². The molecule has 0 spiro atoms. The average Bonchev–Trinajstić information content (AvgIpc) is 2.91. The molecule has 0 aliphatic heterocycles. The van der Waals surface area contributed by atoms with E-state index in [-0.39, 0.29) is 36.2 Å². The van der Waals surface area contributed by atoms with Crippen LogP contribution in [0.4, 0.5) is 0 Å². The lowest BCUT2D eigenvalue weighted by Crippen LogP contribution is -2.38. The molecule has 6 heteroatoms. The van der Waals surface area contributed by atoms with E-state index in [0.29, 0.717) is 5.56 Å². The number of halogens is 1. The van der Waals surface area contributed by atoms with Crippen molar-refractivity contribution in [2.24, 2.45) is 0 Å². The number of nitrogens with zero attached hydrogens (tertiary/aromatic N) is 1. The summed E-state index contributed by atoms with van der Waals surface area (Å²) in [7, 11) is 0. The van der Waals surface area contributed by atoms with E-state index in [0.717, 1.165) is 11.0 Å². The number of nitrogens with one attached hydrogen (secondary N) is 1. The Morgan fingerprint density at radius 3 is 2.71 bits per heavy atom. The van der Waals surface area contributed by atoms with Gasteiger partial charge in [-0.2, -0.15) is 0 Å². The zero-order valence-electron chi connectivity index (χ0n) is 11.0. The van der Waals surface area contributed by atoms with Crippen molar-refractivity contribution in [1.82, 2.24) is 4.98 Å². The van der Waals surface area contributed by atoms with Crippen molar-refractivity contribution in [2.75, 3.05) is 0 Å². The molecule has 0 aliphatic carbocycles. The van der Waals surface area contributed by atoms with Crippen LogP contribution in [0.25, 0.3) is 11.0 Å². The number of aromatic amines is 1. The minimum atomic E-state index is -0.293. The van der Waals surface area contributed by atoms with Crippen LogP contribution in [0, 0.1) is 0 Å². The summed E-state index contributed by atoms with van der Waals surface area (Å²) in [6.45, 7) is 0.155. The maximum Gasteiger partial charge on any atom is 0.286 e. The van der Waals surface area contributed by atoms with Crippen LogP contribution in [0.1, 0.15) is 10.4 Å². The topological polar surface area (TPSA) is 77.2 Å². The van der Waals surface area contributed by atoms with Gasteiger partial charge in [0.15, 0.2) is 18.0 Å². The predicted molar refractivity (Wildman–Crippen MR) is 79.8 cm³/mol. The fourth-order valence-corrected chi connectivity index (χ4v) is 2.16.